The van der Waals surface area contributed by atoms with Crippen LogP contribution in [-0.4, -0.2) is 41.1 Å². The van der Waals surface area contributed by atoms with Crippen LogP contribution in [0.4, 0.5) is 11.4 Å². The van der Waals surface area contributed by atoms with E-state index in [9.17, 15) is 13.2 Å². The van der Waals surface area contributed by atoms with Crippen LogP contribution in [-0.2, 0) is 21.4 Å². The van der Waals surface area contributed by atoms with Gasteiger partial charge in [0.2, 0.25) is 5.91 Å². The highest BCUT2D eigenvalue weighted by Gasteiger charge is 2.27. The van der Waals surface area contributed by atoms with Crippen molar-refractivity contribution in [3.8, 4) is 5.75 Å². The van der Waals surface area contributed by atoms with Crippen molar-refractivity contribution < 1.29 is 17.9 Å². The van der Waals surface area contributed by atoms with Crippen LogP contribution >= 0.6 is 0 Å². The third-order valence-corrected chi connectivity index (χ3v) is 7.60. The highest BCUT2D eigenvalue weighted by molar-refractivity contribution is 7.92. The minimum atomic E-state index is -3.98. The van der Waals surface area contributed by atoms with Crippen LogP contribution in [0.25, 0.3) is 0 Å². The zero-order valence-corrected chi connectivity index (χ0v) is 21.5. The fourth-order valence-corrected chi connectivity index (χ4v) is 5.12. The zero-order chi connectivity index (χ0) is 25.4. The van der Waals surface area contributed by atoms with E-state index in [-0.39, 0.29) is 11.4 Å². The van der Waals surface area contributed by atoms with Gasteiger partial charge in [0, 0.05) is 25.3 Å². The van der Waals surface area contributed by atoms with E-state index in [1.807, 2.05) is 43.3 Å². The highest BCUT2D eigenvalue weighted by atomic mass is 32.2. The third-order valence-electron chi connectivity index (χ3n) is 5.81. The molecule has 0 aliphatic heterocycles. The second-order valence-electron chi connectivity index (χ2n) is 8.14. The van der Waals surface area contributed by atoms with Gasteiger partial charge in [-0.3, -0.25) is 9.10 Å². The zero-order valence-electron chi connectivity index (χ0n) is 20.7. The summed E-state index contributed by atoms with van der Waals surface area (Å²) >= 11 is 0. The molecule has 3 rings (SSSR count). The molecule has 0 aromatic heterocycles. The van der Waals surface area contributed by atoms with Crippen molar-refractivity contribution in [2.45, 2.75) is 32.2 Å². The number of methoxy groups -OCH3 is 1. The van der Waals surface area contributed by atoms with Crippen LogP contribution in [0.5, 0.6) is 5.75 Å². The minimum Gasteiger partial charge on any atom is -0.497 e. The summed E-state index contributed by atoms with van der Waals surface area (Å²) in [6.07, 6.45) is 0. The molecule has 0 heterocycles. The summed E-state index contributed by atoms with van der Waals surface area (Å²) < 4.78 is 33.2. The Hall–Kier alpha value is -3.52. The molecular formula is C27H33N3O4S. The maximum atomic E-state index is 13.5. The molecule has 0 aliphatic rings. The van der Waals surface area contributed by atoms with Crippen LogP contribution in [0.2, 0.25) is 0 Å². The second kappa shape index (κ2) is 11.8. The monoisotopic (exact) mass is 495 g/mol. The van der Waals surface area contributed by atoms with Crippen molar-refractivity contribution in [2.24, 2.45) is 0 Å². The lowest BCUT2D eigenvalue weighted by atomic mass is 10.2. The Morgan fingerprint density at radius 3 is 1.97 bits per heavy atom. The molecule has 35 heavy (non-hydrogen) atoms. The number of carbonyl (C=O) groups is 1. The molecule has 3 aromatic rings. The van der Waals surface area contributed by atoms with Gasteiger partial charge in [0.05, 0.1) is 17.7 Å². The first-order valence-corrected chi connectivity index (χ1v) is 13.1. The molecule has 186 valence electrons. The van der Waals surface area contributed by atoms with Crippen molar-refractivity contribution in [2.75, 3.05) is 35.9 Å². The summed E-state index contributed by atoms with van der Waals surface area (Å²) in [7, 11) is -2.46. The molecule has 0 aliphatic carbocycles. The quantitative estimate of drug-likeness (QED) is 0.428. The molecule has 0 bridgehead atoms. The molecular weight excluding hydrogens is 462 g/mol. The number of aryl methyl sites for hydroxylation is 1. The van der Waals surface area contributed by atoms with Gasteiger partial charge in [-0.1, -0.05) is 29.8 Å². The van der Waals surface area contributed by atoms with Crippen molar-refractivity contribution in [1.29, 1.82) is 0 Å². The topological polar surface area (TPSA) is 79.0 Å². The van der Waals surface area contributed by atoms with Crippen LogP contribution in [0.3, 0.4) is 0 Å². The summed E-state index contributed by atoms with van der Waals surface area (Å²) in [6, 6.07) is 21.2. The van der Waals surface area contributed by atoms with Crippen molar-refractivity contribution in [3.63, 3.8) is 0 Å². The summed E-state index contributed by atoms with van der Waals surface area (Å²) in [5.74, 6) is 0.158. The summed E-state index contributed by atoms with van der Waals surface area (Å²) in [6.45, 7) is 7.95. The first-order chi connectivity index (χ1) is 16.8. The fourth-order valence-electron chi connectivity index (χ4n) is 3.70. The SMILES string of the molecule is CCN(CC)c1ccc(CNC(=O)CN(c2ccc(C)cc2)S(=O)(=O)c2ccc(OC)cc2)cc1. The van der Waals surface area contributed by atoms with E-state index in [0.717, 1.165) is 34.2 Å². The van der Waals surface area contributed by atoms with E-state index in [2.05, 4.69) is 24.1 Å². The Balaban J connectivity index is 1.77. The fraction of sp³-hybridized carbons (Fsp3) is 0.296. The third kappa shape index (κ3) is 6.54. The molecule has 0 saturated carbocycles. The molecule has 0 unspecified atom stereocenters. The number of ether oxygens (including phenoxy) is 1. The van der Waals surface area contributed by atoms with Crippen LogP contribution in [0.1, 0.15) is 25.0 Å². The maximum Gasteiger partial charge on any atom is 0.264 e. The predicted octanol–water partition coefficient (Wildman–Crippen LogP) is 4.36. The molecule has 8 heteroatoms. The molecule has 0 saturated heterocycles. The Bertz CT molecular complexity index is 1200. The van der Waals surface area contributed by atoms with E-state index in [1.54, 1.807) is 24.3 Å². The Morgan fingerprint density at radius 2 is 1.43 bits per heavy atom. The smallest absolute Gasteiger partial charge is 0.264 e. The van der Waals surface area contributed by atoms with Gasteiger partial charge in [0.25, 0.3) is 10.0 Å². The molecule has 7 nitrogen and oxygen atoms in total. The first kappa shape index (κ1) is 26.1. The number of nitrogens with one attached hydrogen (secondary N) is 1. The molecule has 0 fully saturated rings. The average molecular weight is 496 g/mol. The Morgan fingerprint density at radius 1 is 0.857 bits per heavy atom. The molecule has 0 radical (unpaired) electrons. The number of carbonyl (C=O) groups excluding carboxylic acids is 1. The number of hydrogen-bond donors (Lipinski definition) is 1. The summed E-state index contributed by atoms with van der Waals surface area (Å²) in [4.78, 5) is 15.2. The van der Waals surface area contributed by atoms with Gasteiger partial charge in [0.1, 0.15) is 12.3 Å². The van der Waals surface area contributed by atoms with Crippen LogP contribution in [0.15, 0.2) is 77.7 Å². The number of benzene rings is 3. The Labute approximate surface area is 208 Å². The van der Waals surface area contributed by atoms with Gasteiger partial charge in [-0.05, 0) is 74.9 Å². The van der Waals surface area contributed by atoms with E-state index >= 15 is 0 Å². The highest BCUT2D eigenvalue weighted by Crippen LogP contribution is 2.25. The molecule has 0 atom stereocenters. The van der Waals surface area contributed by atoms with Gasteiger partial charge >= 0.3 is 0 Å². The van der Waals surface area contributed by atoms with Gasteiger partial charge in [-0.15, -0.1) is 0 Å². The maximum absolute atomic E-state index is 13.5. The normalized spacial score (nSPS) is 11.1. The lowest BCUT2D eigenvalue weighted by Gasteiger charge is -2.24. The van der Waals surface area contributed by atoms with Gasteiger partial charge in [-0.25, -0.2) is 8.42 Å². The lowest BCUT2D eigenvalue weighted by Crippen LogP contribution is -2.40. The number of rotatable bonds is 11. The van der Waals surface area contributed by atoms with E-state index in [1.165, 1.54) is 19.2 Å². The van der Waals surface area contributed by atoms with E-state index < -0.39 is 15.9 Å². The number of hydrogen-bond acceptors (Lipinski definition) is 5. The number of nitrogens with zero attached hydrogens (tertiary/aromatic N) is 2. The number of anilines is 2. The van der Waals surface area contributed by atoms with Crippen molar-refractivity contribution >= 4 is 27.3 Å². The largest absolute Gasteiger partial charge is 0.497 e. The van der Waals surface area contributed by atoms with Gasteiger partial charge in [0.15, 0.2) is 0 Å². The summed E-state index contributed by atoms with van der Waals surface area (Å²) in [5.41, 5.74) is 3.48. The predicted molar refractivity (Wildman–Crippen MR) is 141 cm³/mol. The second-order valence-corrected chi connectivity index (χ2v) is 10.0. The molecule has 0 spiro atoms. The standard InChI is InChI=1S/C27H33N3O4S/c1-5-29(6-2)23-13-9-22(10-14-23)19-28-27(31)20-30(24-11-7-21(3)8-12-24)35(32,33)26-17-15-25(34-4)16-18-26/h7-18H,5-6,19-20H2,1-4H3,(H,28,31). The van der Waals surface area contributed by atoms with Crippen LogP contribution < -0.4 is 19.3 Å². The number of sulfonamides is 1. The van der Waals surface area contributed by atoms with Crippen molar-refractivity contribution in [1.82, 2.24) is 5.32 Å². The van der Waals surface area contributed by atoms with Gasteiger partial charge < -0.3 is 15.0 Å². The lowest BCUT2D eigenvalue weighted by molar-refractivity contribution is -0.119. The number of amides is 1. The van der Waals surface area contributed by atoms with E-state index in [4.69, 9.17) is 4.74 Å². The molecule has 1 amide bonds. The minimum absolute atomic E-state index is 0.0821. The van der Waals surface area contributed by atoms with Crippen molar-refractivity contribution in [3.05, 3.63) is 83.9 Å². The summed E-state index contributed by atoms with van der Waals surface area (Å²) in [5, 5.41) is 2.85. The first-order valence-electron chi connectivity index (χ1n) is 11.6. The molecule has 1 N–H and O–H groups in total. The average Bonchev–Trinajstić information content (AvgIpc) is 2.88. The van der Waals surface area contributed by atoms with Crippen LogP contribution in [0, 0.1) is 6.92 Å². The molecule has 3 aromatic carbocycles. The van der Waals surface area contributed by atoms with Gasteiger partial charge in [-0.2, -0.15) is 0 Å². The Kier molecular flexibility index (Phi) is 8.76. The van der Waals surface area contributed by atoms with E-state index in [0.29, 0.717) is 18.0 Å².